The number of hydrogen-bond acceptors (Lipinski definition) is 4. The third kappa shape index (κ3) is 3.79. The summed E-state index contributed by atoms with van der Waals surface area (Å²) in [7, 11) is 1.75. The highest BCUT2D eigenvalue weighted by Gasteiger charge is 2.33. The summed E-state index contributed by atoms with van der Waals surface area (Å²) in [6.45, 7) is 0.892. The lowest BCUT2D eigenvalue weighted by atomic mass is 10.0. The van der Waals surface area contributed by atoms with E-state index in [0.717, 1.165) is 37.1 Å². The maximum Gasteiger partial charge on any atom is 0.255 e. The van der Waals surface area contributed by atoms with Gasteiger partial charge in [-0.2, -0.15) is 0 Å². The van der Waals surface area contributed by atoms with Crippen molar-refractivity contribution in [3.63, 3.8) is 0 Å². The van der Waals surface area contributed by atoms with Gasteiger partial charge in [-0.3, -0.25) is 4.79 Å². The van der Waals surface area contributed by atoms with Crippen LogP contribution in [0.1, 0.15) is 41.8 Å². The van der Waals surface area contributed by atoms with Gasteiger partial charge < -0.3 is 19.7 Å². The predicted octanol–water partition coefficient (Wildman–Crippen LogP) is 3.27. The minimum absolute atomic E-state index is 0.0853. The van der Waals surface area contributed by atoms with E-state index in [2.05, 4.69) is 5.32 Å². The summed E-state index contributed by atoms with van der Waals surface area (Å²) in [5, 5.41) is 13.8. The minimum Gasteiger partial charge on any atom is -0.467 e. The summed E-state index contributed by atoms with van der Waals surface area (Å²) in [5.41, 5.74) is 0.637. The second-order valence-electron chi connectivity index (χ2n) is 6.57. The van der Waals surface area contributed by atoms with Crippen LogP contribution in [0.5, 0.6) is 0 Å². The van der Waals surface area contributed by atoms with Crippen LogP contribution in [0.2, 0.25) is 0 Å². The smallest absolute Gasteiger partial charge is 0.255 e. The van der Waals surface area contributed by atoms with Crippen molar-refractivity contribution < 1.29 is 14.3 Å². The van der Waals surface area contributed by atoms with Gasteiger partial charge in [-0.15, -0.1) is 0 Å². The molecule has 1 aromatic carbocycles. The number of para-hydroxylation sites is 1. The van der Waals surface area contributed by atoms with Gasteiger partial charge in [0.2, 0.25) is 0 Å². The first-order chi connectivity index (χ1) is 11.6. The molecule has 0 spiro atoms. The predicted molar refractivity (Wildman–Crippen MR) is 92.9 cm³/mol. The SMILES string of the molecule is CN(CC1(O)CCCC1)C(=O)c1ccccc1NCc1ccco1. The highest BCUT2D eigenvalue weighted by atomic mass is 16.3. The van der Waals surface area contributed by atoms with Gasteiger partial charge in [-0.1, -0.05) is 25.0 Å². The van der Waals surface area contributed by atoms with Gasteiger partial charge in [0.25, 0.3) is 5.91 Å². The zero-order chi connectivity index (χ0) is 17.0. The Morgan fingerprint density at radius 2 is 2.00 bits per heavy atom. The van der Waals surface area contributed by atoms with E-state index < -0.39 is 5.60 Å². The molecule has 1 heterocycles. The molecule has 2 aromatic rings. The van der Waals surface area contributed by atoms with Crippen LogP contribution in [0.25, 0.3) is 0 Å². The zero-order valence-electron chi connectivity index (χ0n) is 14.0. The topological polar surface area (TPSA) is 65.7 Å². The molecule has 3 rings (SSSR count). The van der Waals surface area contributed by atoms with Crippen LogP contribution >= 0.6 is 0 Å². The van der Waals surface area contributed by atoms with Crippen LogP contribution in [0.3, 0.4) is 0 Å². The normalized spacial score (nSPS) is 16.1. The number of nitrogens with one attached hydrogen (secondary N) is 1. The average Bonchev–Trinajstić information content (AvgIpc) is 3.24. The van der Waals surface area contributed by atoms with Gasteiger partial charge in [-0.25, -0.2) is 0 Å². The maximum atomic E-state index is 12.8. The summed E-state index contributed by atoms with van der Waals surface area (Å²) in [6, 6.07) is 11.2. The Hall–Kier alpha value is -2.27. The highest BCUT2D eigenvalue weighted by molar-refractivity contribution is 5.99. The van der Waals surface area contributed by atoms with Gasteiger partial charge >= 0.3 is 0 Å². The largest absolute Gasteiger partial charge is 0.467 e. The molecule has 0 radical (unpaired) electrons. The van der Waals surface area contributed by atoms with Crippen LogP contribution in [-0.4, -0.2) is 35.1 Å². The maximum absolute atomic E-state index is 12.8. The van der Waals surface area contributed by atoms with Gasteiger partial charge in [0.1, 0.15) is 5.76 Å². The van der Waals surface area contributed by atoms with Crippen molar-refractivity contribution >= 4 is 11.6 Å². The van der Waals surface area contributed by atoms with Crippen molar-refractivity contribution in [1.29, 1.82) is 0 Å². The molecular weight excluding hydrogens is 304 g/mol. The molecular formula is C19H24N2O3. The molecule has 1 fully saturated rings. The molecule has 0 bridgehead atoms. The molecule has 24 heavy (non-hydrogen) atoms. The third-order valence-electron chi connectivity index (χ3n) is 4.60. The van der Waals surface area contributed by atoms with E-state index in [1.165, 1.54) is 0 Å². The molecule has 0 saturated heterocycles. The number of rotatable bonds is 6. The van der Waals surface area contributed by atoms with Crippen molar-refractivity contribution in [2.75, 3.05) is 18.9 Å². The number of carbonyl (C=O) groups is 1. The number of aliphatic hydroxyl groups is 1. The molecule has 2 N–H and O–H groups in total. The van der Waals surface area contributed by atoms with E-state index >= 15 is 0 Å². The summed E-state index contributed by atoms with van der Waals surface area (Å²) < 4.78 is 5.31. The lowest BCUT2D eigenvalue weighted by molar-refractivity contribution is 0.0157. The monoisotopic (exact) mass is 328 g/mol. The van der Waals surface area contributed by atoms with Gasteiger partial charge in [0.15, 0.2) is 0 Å². The molecule has 0 atom stereocenters. The minimum atomic E-state index is -0.735. The van der Waals surface area contributed by atoms with Gasteiger partial charge in [0.05, 0.1) is 24.0 Å². The Kier molecular flexibility index (Phi) is 4.90. The first-order valence-corrected chi connectivity index (χ1v) is 8.41. The quantitative estimate of drug-likeness (QED) is 0.854. The lowest BCUT2D eigenvalue weighted by Crippen LogP contribution is -2.42. The van der Waals surface area contributed by atoms with E-state index in [-0.39, 0.29) is 5.91 Å². The fourth-order valence-corrected chi connectivity index (χ4v) is 3.33. The van der Waals surface area contributed by atoms with Crippen LogP contribution < -0.4 is 5.32 Å². The Morgan fingerprint density at radius 3 is 2.71 bits per heavy atom. The molecule has 1 aliphatic carbocycles. The van der Waals surface area contributed by atoms with E-state index in [0.29, 0.717) is 18.7 Å². The molecule has 5 nitrogen and oxygen atoms in total. The average molecular weight is 328 g/mol. The van der Waals surface area contributed by atoms with Crippen molar-refractivity contribution in [3.05, 3.63) is 54.0 Å². The fourth-order valence-electron chi connectivity index (χ4n) is 3.33. The van der Waals surface area contributed by atoms with Crippen molar-refractivity contribution in [2.24, 2.45) is 0 Å². The number of carbonyl (C=O) groups excluding carboxylic acids is 1. The first-order valence-electron chi connectivity index (χ1n) is 8.41. The second-order valence-corrected chi connectivity index (χ2v) is 6.57. The molecule has 5 heteroatoms. The Morgan fingerprint density at radius 1 is 1.25 bits per heavy atom. The first kappa shape index (κ1) is 16.6. The van der Waals surface area contributed by atoms with Crippen LogP contribution in [-0.2, 0) is 6.54 Å². The summed E-state index contributed by atoms with van der Waals surface area (Å²) in [4.78, 5) is 14.4. The number of nitrogens with zero attached hydrogens (tertiary/aromatic N) is 1. The van der Waals surface area contributed by atoms with Crippen LogP contribution in [0.15, 0.2) is 47.1 Å². The fraction of sp³-hybridized carbons (Fsp3) is 0.421. The molecule has 1 saturated carbocycles. The third-order valence-corrected chi connectivity index (χ3v) is 4.60. The number of amides is 1. The molecule has 1 aromatic heterocycles. The van der Waals surface area contributed by atoms with Crippen LogP contribution in [0, 0.1) is 0 Å². The molecule has 0 unspecified atom stereocenters. The molecule has 1 aliphatic rings. The molecule has 128 valence electrons. The summed E-state index contributed by atoms with van der Waals surface area (Å²) >= 11 is 0. The Balaban J connectivity index is 1.69. The van der Waals surface area contributed by atoms with Crippen molar-refractivity contribution in [2.45, 2.75) is 37.8 Å². The van der Waals surface area contributed by atoms with Crippen LogP contribution in [0.4, 0.5) is 5.69 Å². The zero-order valence-corrected chi connectivity index (χ0v) is 14.0. The van der Waals surface area contributed by atoms with E-state index in [9.17, 15) is 9.90 Å². The van der Waals surface area contributed by atoms with E-state index in [4.69, 9.17) is 4.42 Å². The number of anilines is 1. The summed E-state index contributed by atoms with van der Waals surface area (Å²) in [6.07, 6.45) is 5.22. The Bertz CT molecular complexity index is 676. The number of benzene rings is 1. The van der Waals surface area contributed by atoms with Gasteiger partial charge in [0, 0.05) is 19.3 Å². The molecule has 0 aliphatic heterocycles. The molecule has 1 amide bonds. The number of likely N-dealkylation sites (N-methyl/N-ethyl adjacent to an activating group) is 1. The van der Waals surface area contributed by atoms with E-state index in [1.807, 2.05) is 36.4 Å². The summed E-state index contributed by atoms with van der Waals surface area (Å²) in [5.74, 6) is 0.726. The lowest BCUT2D eigenvalue weighted by Gasteiger charge is -2.29. The van der Waals surface area contributed by atoms with Gasteiger partial charge in [-0.05, 0) is 37.1 Å². The number of furan rings is 1. The number of hydrogen-bond donors (Lipinski definition) is 2. The van der Waals surface area contributed by atoms with Crippen molar-refractivity contribution in [3.8, 4) is 0 Å². The highest BCUT2D eigenvalue weighted by Crippen LogP contribution is 2.30. The van der Waals surface area contributed by atoms with E-state index in [1.54, 1.807) is 18.2 Å². The second kappa shape index (κ2) is 7.09. The standard InChI is InChI=1S/C19H24N2O3/c1-21(14-19(23)10-4-5-11-19)18(22)16-8-2-3-9-17(16)20-13-15-7-6-12-24-15/h2-3,6-9,12,20,23H,4-5,10-11,13-14H2,1H3. The van der Waals surface area contributed by atoms with Crippen molar-refractivity contribution in [1.82, 2.24) is 4.90 Å². The Labute approximate surface area is 142 Å².